The molecular weight excluding hydrogens is 385 g/mol. The molecule has 1 aliphatic rings. The van der Waals surface area contributed by atoms with Crippen molar-refractivity contribution >= 4 is 32.6 Å². The molecule has 0 unspecified atom stereocenters. The van der Waals surface area contributed by atoms with Crippen LogP contribution in [0.5, 0.6) is 0 Å². The summed E-state index contributed by atoms with van der Waals surface area (Å²) < 4.78 is 42.6. The van der Waals surface area contributed by atoms with Crippen molar-refractivity contribution in [1.29, 1.82) is 0 Å². The number of fused-ring (bicyclic) bond motifs is 1. The van der Waals surface area contributed by atoms with E-state index >= 15 is 0 Å². The SMILES string of the molecule is CC1(C)CC(=O)NN1[C@@H](c1cccc2ccc(Br)cc12)C(F)(F)F. The van der Waals surface area contributed by atoms with Crippen molar-refractivity contribution in [2.75, 3.05) is 0 Å². The van der Waals surface area contributed by atoms with Crippen LogP contribution in [0.1, 0.15) is 31.9 Å². The number of nitrogens with zero attached hydrogens (tertiary/aromatic N) is 1. The summed E-state index contributed by atoms with van der Waals surface area (Å²) in [7, 11) is 0. The number of benzene rings is 2. The largest absolute Gasteiger partial charge is 0.409 e. The van der Waals surface area contributed by atoms with Gasteiger partial charge in [-0.3, -0.25) is 10.2 Å². The molecule has 0 bridgehead atoms. The van der Waals surface area contributed by atoms with Crippen LogP contribution in [-0.2, 0) is 4.79 Å². The van der Waals surface area contributed by atoms with Crippen LogP contribution < -0.4 is 5.43 Å². The quantitative estimate of drug-likeness (QED) is 0.790. The Morgan fingerprint density at radius 1 is 1.25 bits per heavy atom. The molecule has 2 aromatic rings. The number of halogens is 4. The molecule has 7 heteroatoms. The molecule has 1 atom stereocenters. The lowest BCUT2D eigenvalue weighted by molar-refractivity contribution is -0.203. The molecule has 24 heavy (non-hydrogen) atoms. The molecule has 0 saturated carbocycles. The Labute approximate surface area is 145 Å². The average Bonchev–Trinajstić information content (AvgIpc) is 2.71. The van der Waals surface area contributed by atoms with Crippen molar-refractivity contribution in [2.45, 2.75) is 38.0 Å². The van der Waals surface area contributed by atoms with Gasteiger partial charge in [-0.05, 0) is 42.3 Å². The van der Waals surface area contributed by atoms with E-state index < -0.39 is 23.7 Å². The van der Waals surface area contributed by atoms with Crippen molar-refractivity contribution in [2.24, 2.45) is 0 Å². The topological polar surface area (TPSA) is 32.3 Å². The Morgan fingerprint density at radius 3 is 2.54 bits per heavy atom. The first-order valence-electron chi connectivity index (χ1n) is 7.43. The summed E-state index contributed by atoms with van der Waals surface area (Å²) in [6, 6.07) is 8.15. The Kier molecular flexibility index (Phi) is 4.12. The second-order valence-electron chi connectivity index (χ2n) is 6.55. The van der Waals surface area contributed by atoms with Crippen LogP contribution >= 0.6 is 15.9 Å². The van der Waals surface area contributed by atoms with Gasteiger partial charge in [-0.15, -0.1) is 0 Å². The summed E-state index contributed by atoms with van der Waals surface area (Å²) in [5, 5.41) is 2.25. The molecule has 0 radical (unpaired) electrons. The summed E-state index contributed by atoms with van der Waals surface area (Å²) in [4.78, 5) is 11.7. The third-order valence-corrected chi connectivity index (χ3v) is 4.72. The van der Waals surface area contributed by atoms with Gasteiger partial charge in [-0.2, -0.15) is 18.2 Å². The fourth-order valence-electron chi connectivity index (χ4n) is 3.19. The molecule has 3 nitrogen and oxygen atoms in total. The lowest BCUT2D eigenvalue weighted by Gasteiger charge is -2.38. The van der Waals surface area contributed by atoms with Crippen LogP contribution in [0.25, 0.3) is 10.8 Å². The van der Waals surface area contributed by atoms with Gasteiger partial charge >= 0.3 is 6.18 Å². The van der Waals surface area contributed by atoms with Crippen molar-refractivity contribution in [3.05, 3.63) is 46.4 Å². The number of carbonyl (C=O) groups excluding carboxylic acids is 1. The maximum atomic E-state index is 14.0. The number of hydrogen-bond acceptors (Lipinski definition) is 2. The van der Waals surface area contributed by atoms with E-state index in [-0.39, 0.29) is 12.0 Å². The minimum atomic E-state index is -4.54. The predicted molar refractivity (Wildman–Crippen MR) is 89.1 cm³/mol. The molecule has 0 aromatic heterocycles. The van der Waals surface area contributed by atoms with Crippen molar-refractivity contribution in [3.8, 4) is 0 Å². The molecule has 1 amide bonds. The van der Waals surface area contributed by atoms with Gasteiger partial charge in [-0.1, -0.05) is 40.2 Å². The van der Waals surface area contributed by atoms with Crippen LogP contribution in [0, 0.1) is 0 Å². The van der Waals surface area contributed by atoms with E-state index in [1.165, 1.54) is 6.07 Å². The molecule has 3 rings (SSSR count). The lowest BCUT2D eigenvalue weighted by Crippen LogP contribution is -2.51. The first-order valence-corrected chi connectivity index (χ1v) is 8.22. The van der Waals surface area contributed by atoms with Gasteiger partial charge in [0.2, 0.25) is 5.91 Å². The highest BCUT2D eigenvalue weighted by molar-refractivity contribution is 9.10. The number of hydrogen-bond donors (Lipinski definition) is 1. The van der Waals surface area contributed by atoms with Gasteiger partial charge in [0.25, 0.3) is 0 Å². The van der Waals surface area contributed by atoms with Crippen LogP contribution in [0.4, 0.5) is 13.2 Å². The fourth-order valence-corrected chi connectivity index (χ4v) is 3.55. The smallest absolute Gasteiger partial charge is 0.287 e. The number of amides is 1. The molecule has 0 spiro atoms. The van der Waals surface area contributed by atoms with E-state index in [4.69, 9.17) is 0 Å². The third kappa shape index (κ3) is 3.02. The van der Waals surface area contributed by atoms with E-state index in [9.17, 15) is 18.0 Å². The molecule has 1 aliphatic heterocycles. The summed E-state index contributed by atoms with van der Waals surface area (Å²) in [6.45, 7) is 3.26. The molecule has 2 aromatic carbocycles. The number of carbonyl (C=O) groups is 1. The van der Waals surface area contributed by atoms with Crippen molar-refractivity contribution < 1.29 is 18.0 Å². The van der Waals surface area contributed by atoms with Gasteiger partial charge in [0.15, 0.2) is 6.04 Å². The zero-order valence-corrected chi connectivity index (χ0v) is 14.7. The van der Waals surface area contributed by atoms with Crippen molar-refractivity contribution in [3.63, 3.8) is 0 Å². The second-order valence-corrected chi connectivity index (χ2v) is 7.47. The summed E-state index contributed by atoms with van der Waals surface area (Å²) >= 11 is 3.32. The first kappa shape index (κ1) is 17.2. The van der Waals surface area contributed by atoms with Crippen LogP contribution in [0.2, 0.25) is 0 Å². The predicted octanol–water partition coefficient (Wildman–Crippen LogP) is 4.72. The third-order valence-electron chi connectivity index (χ3n) is 4.23. The van der Waals surface area contributed by atoms with E-state index in [2.05, 4.69) is 21.4 Å². The molecule has 128 valence electrons. The van der Waals surface area contributed by atoms with E-state index in [0.717, 1.165) is 5.01 Å². The number of nitrogens with one attached hydrogen (secondary N) is 1. The van der Waals surface area contributed by atoms with Crippen LogP contribution in [0.3, 0.4) is 0 Å². The van der Waals surface area contributed by atoms with Gasteiger partial charge in [-0.25, -0.2) is 0 Å². The molecule has 1 heterocycles. The highest BCUT2D eigenvalue weighted by Crippen LogP contribution is 2.44. The normalized spacial score (nSPS) is 19.5. The van der Waals surface area contributed by atoms with Gasteiger partial charge in [0, 0.05) is 16.4 Å². The Hall–Kier alpha value is -1.60. The Morgan fingerprint density at radius 2 is 1.96 bits per heavy atom. The second kappa shape index (κ2) is 5.74. The maximum absolute atomic E-state index is 14.0. The summed E-state index contributed by atoms with van der Waals surface area (Å²) in [6.07, 6.45) is -4.51. The number of hydrazine groups is 1. The minimum absolute atomic E-state index is 0.0219. The molecular formula is C17H16BrF3N2O. The van der Waals surface area contributed by atoms with E-state index in [1.54, 1.807) is 44.2 Å². The monoisotopic (exact) mass is 400 g/mol. The Balaban J connectivity index is 2.22. The molecule has 0 aliphatic carbocycles. The summed E-state index contributed by atoms with van der Waals surface area (Å²) in [5.41, 5.74) is 1.57. The van der Waals surface area contributed by atoms with Crippen LogP contribution in [-0.4, -0.2) is 22.6 Å². The molecule has 1 N–H and O–H groups in total. The fraction of sp³-hybridized carbons (Fsp3) is 0.353. The van der Waals surface area contributed by atoms with E-state index in [1.807, 2.05) is 0 Å². The highest BCUT2D eigenvalue weighted by atomic mass is 79.9. The lowest BCUT2D eigenvalue weighted by atomic mass is 9.94. The molecule has 1 saturated heterocycles. The number of rotatable bonds is 2. The molecule has 1 fully saturated rings. The Bertz CT molecular complexity index is 804. The van der Waals surface area contributed by atoms with Crippen LogP contribution in [0.15, 0.2) is 40.9 Å². The maximum Gasteiger partial charge on any atom is 0.409 e. The van der Waals surface area contributed by atoms with Gasteiger partial charge in [0.05, 0.1) is 0 Å². The van der Waals surface area contributed by atoms with E-state index in [0.29, 0.717) is 15.2 Å². The van der Waals surface area contributed by atoms with Crippen molar-refractivity contribution in [1.82, 2.24) is 10.4 Å². The highest BCUT2D eigenvalue weighted by Gasteiger charge is 2.53. The standard InChI is InChI=1S/C17H16BrF3N2O/c1-16(2)9-14(24)22-23(16)15(17(19,20)21)12-5-3-4-10-6-7-11(18)8-13(10)12/h3-8,15H,9H2,1-2H3,(H,22,24)/t15-/m0/s1. The number of alkyl halides is 3. The first-order chi connectivity index (χ1) is 11.1. The minimum Gasteiger partial charge on any atom is -0.287 e. The zero-order valence-electron chi connectivity index (χ0n) is 13.1. The average molecular weight is 401 g/mol. The van der Waals surface area contributed by atoms with Gasteiger partial charge in [0.1, 0.15) is 0 Å². The van der Waals surface area contributed by atoms with Gasteiger partial charge < -0.3 is 0 Å². The summed E-state index contributed by atoms with van der Waals surface area (Å²) in [5.74, 6) is -0.407. The zero-order chi connectivity index (χ0) is 17.7.